The summed E-state index contributed by atoms with van der Waals surface area (Å²) in [6.07, 6.45) is 5.95. The van der Waals surface area contributed by atoms with Crippen molar-refractivity contribution in [1.29, 1.82) is 0 Å². The second kappa shape index (κ2) is 11.6. The molecule has 5 nitrogen and oxygen atoms in total. The molecule has 2 atom stereocenters. The first-order valence-corrected chi connectivity index (χ1v) is 14.5. The quantitative estimate of drug-likeness (QED) is 0.320. The molecule has 1 aliphatic carbocycles. The second-order valence-electron chi connectivity index (χ2n) is 11.6. The van der Waals surface area contributed by atoms with E-state index in [1.165, 1.54) is 18.9 Å². The fourth-order valence-electron chi connectivity index (χ4n) is 6.25. The molecule has 2 amide bonds. The summed E-state index contributed by atoms with van der Waals surface area (Å²) in [5, 5.41) is 7.27. The summed E-state index contributed by atoms with van der Waals surface area (Å²) in [5.74, 6) is -1.64. The van der Waals surface area contributed by atoms with Crippen LogP contribution in [0, 0.1) is 25.6 Å². The Morgan fingerprint density at radius 2 is 1.65 bits per heavy atom. The van der Waals surface area contributed by atoms with Crippen LogP contribution in [0.4, 0.5) is 15.8 Å². The van der Waals surface area contributed by atoms with Crippen LogP contribution in [0.5, 0.6) is 0 Å². The van der Waals surface area contributed by atoms with Crippen LogP contribution in [0.25, 0.3) is 0 Å². The molecule has 5 rings (SSSR count). The van der Waals surface area contributed by atoms with Crippen molar-refractivity contribution in [3.05, 3.63) is 93.8 Å². The van der Waals surface area contributed by atoms with Crippen LogP contribution in [-0.4, -0.2) is 28.8 Å². The number of halogens is 2. The van der Waals surface area contributed by atoms with E-state index in [1.807, 2.05) is 43.3 Å². The number of likely N-dealkylation sites (tertiary alicyclic amines) is 1. The molecule has 0 spiro atoms. The van der Waals surface area contributed by atoms with E-state index in [0.29, 0.717) is 35.7 Å². The van der Waals surface area contributed by atoms with Crippen LogP contribution >= 0.6 is 11.6 Å². The predicted octanol–water partition coefficient (Wildman–Crippen LogP) is 8.07. The van der Waals surface area contributed by atoms with Gasteiger partial charge in [-0.2, -0.15) is 0 Å². The zero-order valence-electron chi connectivity index (χ0n) is 23.4. The van der Waals surface area contributed by atoms with Crippen molar-refractivity contribution in [2.24, 2.45) is 5.92 Å². The molecule has 1 aliphatic heterocycles. The molecule has 7 heteroatoms. The number of anilines is 2. The SMILES string of the molecule is Cc1ccc(NC(=O)[C@@H]2CCCN(C(=O)c3c(C)cccc3F)[C@@H]2c2ccc(NC3(C)CCCC3)cc2)cc1Cl. The Morgan fingerprint density at radius 1 is 0.950 bits per heavy atom. The van der Waals surface area contributed by atoms with Crippen LogP contribution in [0.3, 0.4) is 0 Å². The van der Waals surface area contributed by atoms with Crippen molar-refractivity contribution in [2.75, 3.05) is 17.2 Å². The minimum absolute atomic E-state index is 0.0614. The summed E-state index contributed by atoms with van der Waals surface area (Å²) in [6, 6.07) is 17.6. The highest BCUT2D eigenvalue weighted by Crippen LogP contribution is 2.40. The van der Waals surface area contributed by atoms with E-state index in [-0.39, 0.29) is 17.0 Å². The molecule has 2 fully saturated rings. The Morgan fingerprint density at radius 3 is 2.33 bits per heavy atom. The zero-order valence-corrected chi connectivity index (χ0v) is 24.2. The van der Waals surface area contributed by atoms with E-state index in [9.17, 15) is 14.0 Å². The van der Waals surface area contributed by atoms with Crippen molar-refractivity contribution < 1.29 is 14.0 Å². The average Bonchev–Trinajstić information content (AvgIpc) is 3.36. The molecule has 2 aliphatic rings. The average molecular weight is 562 g/mol. The standard InChI is InChI=1S/C33H37ClFN3O2/c1-21-11-14-25(20-27(21)34)36-31(39)26-9-7-19-38(32(40)29-22(2)8-6-10-28(29)35)30(26)23-12-15-24(16-13-23)37-33(3)17-4-5-18-33/h6,8,10-16,20,26,30,37H,4-5,7,9,17-19H2,1-3H3,(H,36,39)/t26-,30-/m1/s1. The molecule has 3 aromatic carbocycles. The number of hydrogen-bond acceptors (Lipinski definition) is 3. The van der Waals surface area contributed by atoms with Crippen molar-refractivity contribution in [3.8, 4) is 0 Å². The van der Waals surface area contributed by atoms with Gasteiger partial charge in [0.05, 0.1) is 17.5 Å². The van der Waals surface area contributed by atoms with Crippen LogP contribution < -0.4 is 10.6 Å². The van der Waals surface area contributed by atoms with Crippen molar-refractivity contribution in [2.45, 2.75) is 70.9 Å². The van der Waals surface area contributed by atoms with Gasteiger partial charge in [-0.1, -0.05) is 54.8 Å². The summed E-state index contributed by atoms with van der Waals surface area (Å²) in [6.45, 7) is 6.34. The van der Waals surface area contributed by atoms with Gasteiger partial charge in [-0.3, -0.25) is 9.59 Å². The minimum atomic E-state index is -0.547. The maximum absolute atomic E-state index is 14.9. The van der Waals surface area contributed by atoms with Crippen LogP contribution in [0.2, 0.25) is 5.02 Å². The Balaban J connectivity index is 1.48. The predicted molar refractivity (Wildman–Crippen MR) is 159 cm³/mol. The summed E-state index contributed by atoms with van der Waals surface area (Å²) in [4.78, 5) is 29.3. The number of amides is 2. The van der Waals surface area contributed by atoms with Gasteiger partial charge >= 0.3 is 0 Å². The number of carbonyl (C=O) groups excluding carboxylic acids is 2. The second-order valence-corrected chi connectivity index (χ2v) is 12.0. The molecule has 0 bridgehead atoms. The molecule has 0 aromatic heterocycles. The fourth-order valence-corrected chi connectivity index (χ4v) is 6.44. The van der Waals surface area contributed by atoms with Crippen LogP contribution in [0.15, 0.2) is 60.7 Å². The number of benzene rings is 3. The van der Waals surface area contributed by atoms with Gasteiger partial charge in [-0.15, -0.1) is 0 Å². The first kappa shape index (κ1) is 28.2. The lowest BCUT2D eigenvalue weighted by molar-refractivity contribution is -0.123. The third kappa shape index (κ3) is 5.87. The van der Waals surface area contributed by atoms with E-state index < -0.39 is 23.7 Å². The summed E-state index contributed by atoms with van der Waals surface area (Å²) >= 11 is 6.31. The lowest BCUT2D eigenvalue weighted by atomic mass is 9.83. The molecule has 0 radical (unpaired) electrons. The molecule has 0 unspecified atom stereocenters. The molecule has 40 heavy (non-hydrogen) atoms. The molecular weight excluding hydrogens is 525 g/mol. The summed E-state index contributed by atoms with van der Waals surface area (Å²) in [5.41, 5.74) is 4.12. The van der Waals surface area contributed by atoms with E-state index >= 15 is 0 Å². The smallest absolute Gasteiger partial charge is 0.257 e. The molecule has 1 saturated heterocycles. The zero-order chi connectivity index (χ0) is 28.4. The molecule has 3 aromatic rings. The van der Waals surface area contributed by atoms with Crippen molar-refractivity contribution >= 4 is 34.8 Å². The van der Waals surface area contributed by atoms with Gasteiger partial charge in [0.15, 0.2) is 0 Å². The summed E-state index contributed by atoms with van der Waals surface area (Å²) < 4.78 is 14.9. The van der Waals surface area contributed by atoms with Gasteiger partial charge in [0.1, 0.15) is 5.82 Å². The highest BCUT2D eigenvalue weighted by molar-refractivity contribution is 6.31. The van der Waals surface area contributed by atoms with Gasteiger partial charge in [0.2, 0.25) is 5.91 Å². The maximum Gasteiger partial charge on any atom is 0.257 e. The van der Waals surface area contributed by atoms with Crippen LogP contribution in [0.1, 0.15) is 78.5 Å². The normalized spacial score (nSPS) is 20.3. The van der Waals surface area contributed by atoms with E-state index in [2.05, 4.69) is 17.6 Å². The van der Waals surface area contributed by atoms with Gasteiger partial charge in [0.25, 0.3) is 5.91 Å². The molecule has 2 N–H and O–H groups in total. The third-order valence-electron chi connectivity index (χ3n) is 8.51. The molecule has 1 saturated carbocycles. The number of piperidine rings is 1. The Bertz CT molecular complexity index is 1380. The fraction of sp³-hybridized carbons (Fsp3) is 0.394. The van der Waals surface area contributed by atoms with Gasteiger partial charge in [-0.25, -0.2) is 4.39 Å². The van der Waals surface area contributed by atoms with Crippen molar-refractivity contribution in [1.82, 2.24) is 4.90 Å². The van der Waals surface area contributed by atoms with Crippen molar-refractivity contribution in [3.63, 3.8) is 0 Å². The maximum atomic E-state index is 14.9. The lowest BCUT2D eigenvalue weighted by Crippen LogP contribution is -2.46. The van der Waals surface area contributed by atoms with Crippen LogP contribution in [-0.2, 0) is 4.79 Å². The minimum Gasteiger partial charge on any atom is -0.380 e. The number of hydrogen-bond donors (Lipinski definition) is 2. The Kier molecular flexibility index (Phi) is 8.18. The Hall–Kier alpha value is -3.38. The monoisotopic (exact) mass is 561 g/mol. The number of nitrogens with one attached hydrogen (secondary N) is 2. The number of carbonyl (C=O) groups is 2. The molecule has 210 valence electrons. The number of nitrogens with zero attached hydrogens (tertiary/aromatic N) is 1. The molecular formula is C33H37ClFN3O2. The van der Waals surface area contributed by atoms with Gasteiger partial charge in [0, 0.05) is 28.5 Å². The Labute approximate surface area is 241 Å². The largest absolute Gasteiger partial charge is 0.380 e. The first-order chi connectivity index (χ1) is 19.1. The first-order valence-electron chi connectivity index (χ1n) is 14.2. The number of rotatable bonds is 6. The third-order valence-corrected chi connectivity index (χ3v) is 8.92. The van der Waals surface area contributed by atoms with E-state index in [1.54, 1.807) is 30.0 Å². The number of aryl methyl sites for hydroxylation is 2. The topological polar surface area (TPSA) is 61.4 Å². The highest BCUT2D eigenvalue weighted by Gasteiger charge is 2.40. The lowest BCUT2D eigenvalue weighted by Gasteiger charge is -2.41. The van der Waals surface area contributed by atoms with E-state index in [0.717, 1.165) is 29.7 Å². The van der Waals surface area contributed by atoms with Gasteiger partial charge < -0.3 is 15.5 Å². The molecule has 1 heterocycles. The van der Waals surface area contributed by atoms with Gasteiger partial charge in [-0.05, 0) is 93.5 Å². The van der Waals surface area contributed by atoms with E-state index in [4.69, 9.17) is 11.6 Å². The summed E-state index contributed by atoms with van der Waals surface area (Å²) in [7, 11) is 0. The highest BCUT2D eigenvalue weighted by atomic mass is 35.5.